The van der Waals surface area contributed by atoms with Crippen LogP contribution in [0.15, 0.2) is 48.3 Å². The van der Waals surface area contributed by atoms with E-state index in [2.05, 4.69) is 31.2 Å². The summed E-state index contributed by atoms with van der Waals surface area (Å²) in [4.78, 5) is 0. The Morgan fingerprint density at radius 1 is 1.08 bits per heavy atom. The van der Waals surface area contributed by atoms with E-state index in [1.807, 2.05) is 6.08 Å². The van der Waals surface area contributed by atoms with E-state index in [0.717, 1.165) is 24.7 Å². The van der Waals surface area contributed by atoms with Gasteiger partial charge >= 0.3 is 0 Å². The SMILES string of the molecule is CCc1ccc(CC[C@H]2CC[C@H](CC/C=C/C=C(\F)C#N)CC2)cc1. The van der Waals surface area contributed by atoms with E-state index in [-0.39, 0.29) is 0 Å². The van der Waals surface area contributed by atoms with Crippen molar-refractivity contribution >= 4 is 0 Å². The Morgan fingerprint density at radius 3 is 2.28 bits per heavy atom. The zero-order valence-corrected chi connectivity index (χ0v) is 15.4. The maximum Gasteiger partial charge on any atom is 0.199 e. The highest BCUT2D eigenvalue weighted by Crippen LogP contribution is 2.34. The fourth-order valence-corrected chi connectivity index (χ4v) is 3.74. The molecule has 0 unspecified atom stereocenters. The molecule has 0 amide bonds. The number of allylic oxidation sites excluding steroid dienone is 4. The average molecular weight is 339 g/mol. The number of hydrogen-bond donors (Lipinski definition) is 0. The third-order valence-corrected chi connectivity index (χ3v) is 5.47. The second-order valence-corrected chi connectivity index (χ2v) is 7.23. The summed E-state index contributed by atoms with van der Waals surface area (Å²) >= 11 is 0. The summed E-state index contributed by atoms with van der Waals surface area (Å²) in [5.74, 6) is 0.973. The van der Waals surface area contributed by atoms with Gasteiger partial charge in [0.1, 0.15) is 6.07 Å². The molecule has 0 spiro atoms. The van der Waals surface area contributed by atoms with Gasteiger partial charge in [0.05, 0.1) is 0 Å². The van der Waals surface area contributed by atoms with Crippen molar-refractivity contribution in [3.8, 4) is 6.07 Å². The van der Waals surface area contributed by atoms with Crippen LogP contribution in [0.25, 0.3) is 0 Å². The highest BCUT2D eigenvalue weighted by Gasteiger charge is 2.20. The summed E-state index contributed by atoms with van der Waals surface area (Å²) in [7, 11) is 0. The normalized spacial score (nSPS) is 21.4. The smallest absolute Gasteiger partial charge is 0.195 e. The van der Waals surface area contributed by atoms with Gasteiger partial charge in [-0.2, -0.15) is 9.65 Å². The number of benzene rings is 1. The molecule has 25 heavy (non-hydrogen) atoms. The lowest BCUT2D eigenvalue weighted by Crippen LogP contribution is -2.15. The molecule has 0 atom stereocenters. The van der Waals surface area contributed by atoms with Gasteiger partial charge in [-0.05, 0) is 61.1 Å². The van der Waals surface area contributed by atoms with E-state index in [1.54, 1.807) is 6.08 Å². The second-order valence-electron chi connectivity index (χ2n) is 7.23. The van der Waals surface area contributed by atoms with Gasteiger partial charge in [0.25, 0.3) is 0 Å². The van der Waals surface area contributed by atoms with Crippen LogP contribution in [0.3, 0.4) is 0 Å². The highest BCUT2D eigenvalue weighted by molar-refractivity contribution is 5.22. The summed E-state index contributed by atoms with van der Waals surface area (Å²) in [5.41, 5.74) is 2.89. The summed E-state index contributed by atoms with van der Waals surface area (Å²) in [6, 6.07) is 10.6. The molecule has 2 heteroatoms. The number of nitriles is 1. The molecular formula is C23H30FN. The first-order chi connectivity index (χ1) is 12.2. The Kier molecular flexibility index (Phi) is 8.46. The number of halogens is 1. The first-order valence-electron chi connectivity index (χ1n) is 9.71. The first-order valence-corrected chi connectivity index (χ1v) is 9.71. The summed E-state index contributed by atoms with van der Waals surface area (Å²) in [6.45, 7) is 2.20. The minimum absolute atomic E-state index is 0.721. The van der Waals surface area contributed by atoms with Crippen molar-refractivity contribution in [3.63, 3.8) is 0 Å². The number of hydrogen-bond acceptors (Lipinski definition) is 1. The lowest BCUT2D eigenvalue weighted by Gasteiger charge is -2.28. The number of nitrogens with zero attached hydrogens (tertiary/aromatic N) is 1. The van der Waals surface area contributed by atoms with Crippen LogP contribution in [-0.2, 0) is 12.8 Å². The Balaban J connectivity index is 1.62. The van der Waals surface area contributed by atoms with Gasteiger partial charge in [-0.25, -0.2) is 0 Å². The number of rotatable bonds is 8. The third-order valence-electron chi connectivity index (χ3n) is 5.47. The largest absolute Gasteiger partial charge is 0.199 e. The van der Waals surface area contributed by atoms with Crippen LogP contribution in [0.4, 0.5) is 4.39 Å². The Labute approximate surface area is 152 Å². The molecule has 0 bridgehead atoms. The van der Waals surface area contributed by atoms with Crippen molar-refractivity contribution in [2.45, 2.75) is 64.7 Å². The minimum atomic E-state index is -0.721. The molecule has 0 aliphatic heterocycles. The summed E-state index contributed by atoms with van der Waals surface area (Å²) in [6.07, 6.45) is 16.0. The first kappa shape index (κ1) is 19.4. The van der Waals surface area contributed by atoms with Crippen LogP contribution < -0.4 is 0 Å². The van der Waals surface area contributed by atoms with E-state index in [9.17, 15) is 4.39 Å². The molecule has 0 N–H and O–H groups in total. The maximum absolute atomic E-state index is 12.6. The van der Waals surface area contributed by atoms with E-state index < -0.39 is 5.83 Å². The van der Waals surface area contributed by atoms with Crippen LogP contribution in [0.5, 0.6) is 0 Å². The molecule has 1 saturated carbocycles. The second kappa shape index (κ2) is 10.9. The molecular weight excluding hydrogens is 309 g/mol. The lowest BCUT2D eigenvalue weighted by atomic mass is 9.78. The molecule has 1 nitrogen and oxygen atoms in total. The zero-order valence-electron chi connectivity index (χ0n) is 15.4. The Bertz CT molecular complexity index is 598. The fraction of sp³-hybridized carbons (Fsp3) is 0.522. The van der Waals surface area contributed by atoms with Gasteiger partial charge in [-0.3, -0.25) is 0 Å². The van der Waals surface area contributed by atoms with Gasteiger partial charge in [-0.1, -0.05) is 69.0 Å². The van der Waals surface area contributed by atoms with E-state index >= 15 is 0 Å². The topological polar surface area (TPSA) is 23.8 Å². The molecule has 1 aromatic rings. The molecule has 134 valence electrons. The monoisotopic (exact) mass is 339 g/mol. The van der Waals surface area contributed by atoms with Crippen molar-refractivity contribution in [2.75, 3.05) is 0 Å². The minimum Gasteiger partial charge on any atom is -0.195 e. The molecule has 0 saturated heterocycles. The van der Waals surface area contributed by atoms with E-state index in [1.165, 1.54) is 68.2 Å². The van der Waals surface area contributed by atoms with Crippen LogP contribution in [0, 0.1) is 23.2 Å². The molecule has 1 aromatic carbocycles. The molecule has 0 aromatic heterocycles. The van der Waals surface area contributed by atoms with Crippen molar-refractivity contribution < 1.29 is 4.39 Å². The van der Waals surface area contributed by atoms with Crippen LogP contribution in [0.1, 0.15) is 63.0 Å². The zero-order chi connectivity index (χ0) is 17.9. The molecule has 0 heterocycles. The average Bonchev–Trinajstić information content (AvgIpc) is 2.67. The highest BCUT2D eigenvalue weighted by atomic mass is 19.1. The molecule has 2 rings (SSSR count). The summed E-state index contributed by atoms with van der Waals surface area (Å²) < 4.78 is 12.6. The Hall–Kier alpha value is -1.88. The predicted octanol–water partition coefficient (Wildman–Crippen LogP) is 6.70. The van der Waals surface area contributed by atoms with Crippen molar-refractivity contribution in [2.24, 2.45) is 11.8 Å². The number of aryl methyl sites for hydroxylation is 2. The maximum atomic E-state index is 12.6. The van der Waals surface area contributed by atoms with E-state index in [4.69, 9.17) is 5.26 Å². The third kappa shape index (κ3) is 7.26. The van der Waals surface area contributed by atoms with Gasteiger partial charge < -0.3 is 0 Å². The molecule has 1 fully saturated rings. The van der Waals surface area contributed by atoms with Gasteiger partial charge in [0.15, 0.2) is 5.83 Å². The van der Waals surface area contributed by atoms with Crippen LogP contribution in [-0.4, -0.2) is 0 Å². The molecule has 1 aliphatic carbocycles. The quantitative estimate of drug-likeness (QED) is 0.382. The van der Waals surface area contributed by atoms with Crippen molar-refractivity contribution in [3.05, 3.63) is 59.4 Å². The van der Waals surface area contributed by atoms with Gasteiger partial charge in [0.2, 0.25) is 0 Å². The van der Waals surface area contributed by atoms with E-state index in [0.29, 0.717) is 0 Å². The summed E-state index contributed by atoms with van der Waals surface area (Å²) in [5, 5.41) is 8.33. The standard InChI is InChI=1S/C23H30FN/c1-2-19-8-10-21(11-9-19)16-17-22-14-12-20(13-15-22)6-4-3-5-7-23(24)18-25/h3,5,7-11,20,22H,2,4,6,12-17H2,1H3/b5-3+,23-7-/t20-,22-. The predicted molar refractivity (Wildman–Crippen MR) is 103 cm³/mol. The van der Waals surface area contributed by atoms with Crippen molar-refractivity contribution in [1.82, 2.24) is 0 Å². The lowest BCUT2D eigenvalue weighted by molar-refractivity contribution is 0.254. The van der Waals surface area contributed by atoms with Gasteiger partial charge in [0, 0.05) is 0 Å². The molecule has 0 radical (unpaired) electrons. The van der Waals surface area contributed by atoms with Crippen LogP contribution in [0.2, 0.25) is 0 Å². The fourth-order valence-electron chi connectivity index (χ4n) is 3.74. The van der Waals surface area contributed by atoms with Crippen molar-refractivity contribution in [1.29, 1.82) is 5.26 Å². The molecule has 1 aliphatic rings. The van der Waals surface area contributed by atoms with Gasteiger partial charge in [-0.15, -0.1) is 0 Å². The Morgan fingerprint density at radius 2 is 1.68 bits per heavy atom. The van der Waals surface area contributed by atoms with Crippen LogP contribution >= 0.6 is 0 Å².